The van der Waals surface area contributed by atoms with Crippen LogP contribution in [0.1, 0.15) is 32.3 Å². The molecule has 114 valence electrons. The van der Waals surface area contributed by atoms with Gasteiger partial charge in [-0.1, -0.05) is 29.8 Å². The molecule has 1 aromatic rings. The zero-order valence-corrected chi connectivity index (χ0v) is 14.5. The van der Waals surface area contributed by atoms with Crippen LogP contribution in [0.3, 0.4) is 0 Å². The van der Waals surface area contributed by atoms with Gasteiger partial charge in [0.15, 0.2) is 0 Å². The minimum absolute atomic E-state index is 0.747. The number of nitrogens with one attached hydrogen (secondary N) is 1. The Labute approximate surface area is 131 Å². The lowest BCUT2D eigenvalue weighted by molar-refractivity contribution is 0.199. The second-order valence-electron chi connectivity index (χ2n) is 4.93. The summed E-state index contributed by atoms with van der Waals surface area (Å²) in [6.45, 7) is 9.19. The van der Waals surface area contributed by atoms with Gasteiger partial charge in [0.2, 0.25) is 0 Å². The quantitative estimate of drug-likeness (QED) is 0.654. The lowest BCUT2D eigenvalue weighted by atomic mass is 10.1. The lowest BCUT2D eigenvalue weighted by Crippen LogP contribution is -2.27. The molecule has 20 heavy (non-hydrogen) atoms. The van der Waals surface area contributed by atoms with E-state index < -0.39 is 0 Å². The number of halogens is 1. The summed E-state index contributed by atoms with van der Waals surface area (Å²) >= 11 is 3.58. The first-order chi connectivity index (χ1) is 9.72. The Kier molecular flexibility index (Phi) is 8.90. The average Bonchev–Trinajstić information content (AvgIpc) is 2.44. The molecule has 0 bridgehead atoms. The Morgan fingerprint density at radius 1 is 1.20 bits per heavy atom. The van der Waals surface area contributed by atoms with Crippen molar-refractivity contribution in [1.29, 1.82) is 0 Å². The summed E-state index contributed by atoms with van der Waals surface area (Å²) in [7, 11) is 1.73. The molecule has 0 aliphatic rings. The SMILES string of the molecule is CCCN(CCC)c1ccc(Br)cc1CNCCOC. The predicted molar refractivity (Wildman–Crippen MR) is 90.5 cm³/mol. The van der Waals surface area contributed by atoms with Gasteiger partial charge in [-0.3, -0.25) is 0 Å². The van der Waals surface area contributed by atoms with E-state index in [0.717, 1.165) is 37.3 Å². The summed E-state index contributed by atoms with van der Waals surface area (Å²) in [6.07, 6.45) is 2.35. The van der Waals surface area contributed by atoms with Crippen LogP contribution in [0.4, 0.5) is 5.69 Å². The monoisotopic (exact) mass is 342 g/mol. The average molecular weight is 343 g/mol. The summed E-state index contributed by atoms with van der Waals surface area (Å²) < 4.78 is 6.21. The summed E-state index contributed by atoms with van der Waals surface area (Å²) in [5.74, 6) is 0. The maximum absolute atomic E-state index is 5.08. The summed E-state index contributed by atoms with van der Waals surface area (Å²) in [6, 6.07) is 6.57. The first kappa shape index (κ1) is 17.5. The highest BCUT2D eigenvalue weighted by Gasteiger charge is 2.10. The smallest absolute Gasteiger partial charge is 0.0587 e. The van der Waals surface area contributed by atoms with Gasteiger partial charge in [0, 0.05) is 43.4 Å². The highest BCUT2D eigenvalue weighted by Crippen LogP contribution is 2.25. The number of anilines is 1. The Balaban J connectivity index is 2.81. The largest absolute Gasteiger partial charge is 0.383 e. The molecule has 0 unspecified atom stereocenters. The van der Waals surface area contributed by atoms with Gasteiger partial charge in [0.05, 0.1) is 6.61 Å². The maximum atomic E-state index is 5.08. The standard InChI is InChI=1S/C16H27BrN2O/c1-4-9-19(10-5-2)16-7-6-15(17)12-14(16)13-18-8-11-20-3/h6-7,12,18H,4-5,8-11,13H2,1-3H3. The van der Waals surface area contributed by atoms with Crippen molar-refractivity contribution < 1.29 is 4.74 Å². The van der Waals surface area contributed by atoms with Crippen molar-refractivity contribution in [3.63, 3.8) is 0 Å². The van der Waals surface area contributed by atoms with Gasteiger partial charge >= 0.3 is 0 Å². The molecule has 0 heterocycles. The lowest BCUT2D eigenvalue weighted by Gasteiger charge is -2.26. The van der Waals surface area contributed by atoms with E-state index in [2.05, 4.69) is 58.2 Å². The van der Waals surface area contributed by atoms with Crippen molar-refractivity contribution in [3.8, 4) is 0 Å². The Hall–Kier alpha value is -0.580. The van der Waals surface area contributed by atoms with Crippen LogP contribution >= 0.6 is 15.9 Å². The van der Waals surface area contributed by atoms with Crippen molar-refractivity contribution >= 4 is 21.6 Å². The van der Waals surface area contributed by atoms with Crippen molar-refractivity contribution in [2.75, 3.05) is 38.3 Å². The molecule has 0 fully saturated rings. The number of rotatable bonds is 10. The second kappa shape index (κ2) is 10.2. The fourth-order valence-electron chi connectivity index (χ4n) is 2.29. The Morgan fingerprint density at radius 3 is 2.50 bits per heavy atom. The third-order valence-electron chi connectivity index (χ3n) is 3.17. The van der Waals surface area contributed by atoms with Crippen molar-refractivity contribution in [2.45, 2.75) is 33.2 Å². The minimum Gasteiger partial charge on any atom is -0.383 e. The molecule has 0 saturated heterocycles. The fraction of sp³-hybridized carbons (Fsp3) is 0.625. The fourth-order valence-corrected chi connectivity index (χ4v) is 2.70. The van der Waals surface area contributed by atoms with Crippen LogP contribution in [0.25, 0.3) is 0 Å². The van der Waals surface area contributed by atoms with Gasteiger partial charge in [0.25, 0.3) is 0 Å². The normalized spacial score (nSPS) is 10.8. The molecule has 0 saturated carbocycles. The number of methoxy groups -OCH3 is 1. The molecule has 1 aromatic carbocycles. The third-order valence-corrected chi connectivity index (χ3v) is 3.66. The number of ether oxygens (including phenoxy) is 1. The number of hydrogen-bond donors (Lipinski definition) is 1. The van der Waals surface area contributed by atoms with Crippen LogP contribution < -0.4 is 10.2 Å². The summed E-state index contributed by atoms with van der Waals surface area (Å²) in [4.78, 5) is 2.49. The Bertz CT molecular complexity index is 379. The second-order valence-corrected chi connectivity index (χ2v) is 5.85. The van der Waals surface area contributed by atoms with Crippen LogP contribution in [0.5, 0.6) is 0 Å². The van der Waals surface area contributed by atoms with Gasteiger partial charge < -0.3 is 15.0 Å². The molecule has 1 N–H and O–H groups in total. The molecule has 0 radical (unpaired) electrons. The zero-order chi connectivity index (χ0) is 14.8. The topological polar surface area (TPSA) is 24.5 Å². The molecular weight excluding hydrogens is 316 g/mol. The van der Waals surface area contributed by atoms with E-state index in [1.807, 2.05) is 0 Å². The molecule has 0 atom stereocenters. The van der Waals surface area contributed by atoms with E-state index in [-0.39, 0.29) is 0 Å². The van der Waals surface area contributed by atoms with Gasteiger partial charge in [0.1, 0.15) is 0 Å². The van der Waals surface area contributed by atoms with E-state index in [4.69, 9.17) is 4.74 Å². The van der Waals surface area contributed by atoms with Gasteiger partial charge in [-0.2, -0.15) is 0 Å². The van der Waals surface area contributed by atoms with Crippen LogP contribution in [0, 0.1) is 0 Å². The molecule has 1 rings (SSSR count). The molecule has 0 aliphatic heterocycles. The van der Waals surface area contributed by atoms with Crippen molar-refractivity contribution in [2.24, 2.45) is 0 Å². The molecule has 0 amide bonds. The van der Waals surface area contributed by atoms with Crippen molar-refractivity contribution in [1.82, 2.24) is 5.32 Å². The maximum Gasteiger partial charge on any atom is 0.0587 e. The molecule has 0 spiro atoms. The number of nitrogens with zero attached hydrogens (tertiary/aromatic N) is 1. The van der Waals surface area contributed by atoms with E-state index >= 15 is 0 Å². The van der Waals surface area contributed by atoms with Crippen LogP contribution in [0.15, 0.2) is 22.7 Å². The first-order valence-corrected chi connectivity index (χ1v) is 8.25. The summed E-state index contributed by atoms with van der Waals surface area (Å²) in [5, 5.41) is 3.44. The molecule has 4 heteroatoms. The van der Waals surface area contributed by atoms with Gasteiger partial charge in [-0.25, -0.2) is 0 Å². The van der Waals surface area contributed by atoms with Crippen molar-refractivity contribution in [3.05, 3.63) is 28.2 Å². The van der Waals surface area contributed by atoms with E-state index in [9.17, 15) is 0 Å². The highest BCUT2D eigenvalue weighted by atomic mass is 79.9. The van der Waals surface area contributed by atoms with Crippen LogP contribution in [0.2, 0.25) is 0 Å². The van der Waals surface area contributed by atoms with Crippen LogP contribution in [-0.4, -0.2) is 33.4 Å². The van der Waals surface area contributed by atoms with E-state index in [1.165, 1.54) is 24.1 Å². The molecule has 3 nitrogen and oxygen atoms in total. The zero-order valence-electron chi connectivity index (χ0n) is 12.9. The Morgan fingerprint density at radius 2 is 1.90 bits per heavy atom. The highest BCUT2D eigenvalue weighted by molar-refractivity contribution is 9.10. The number of hydrogen-bond acceptors (Lipinski definition) is 3. The van der Waals surface area contributed by atoms with E-state index in [0.29, 0.717) is 0 Å². The summed E-state index contributed by atoms with van der Waals surface area (Å²) in [5.41, 5.74) is 2.69. The van der Waals surface area contributed by atoms with Gasteiger partial charge in [-0.05, 0) is 36.6 Å². The minimum atomic E-state index is 0.747. The molecule has 0 aromatic heterocycles. The number of benzene rings is 1. The molecular formula is C16H27BrN2O. The molecule has 0 aliphatic carbocycles. The van der Waals surface area contributed by atoms with Crippen LogP contribution in [-0.2, 0) is 11.3 Å². The van der Waals surface area contributed by atoms with Gasteiger partial charge in [-0.15, -0.1) is 0 Å². The third kappa shape index (κ3) is 5.81. The van der Waals surface area contributed by atoms with E-state index in [1.54, 1.807) is 7.11 Å². The first-order valence-electron chi connectivity index (χ1n) is 7.45. The predicted octanol–water partition coefficient (Wildman–Crippen LogP) is 3.81.